The van der Waals surface area contributed by atoms with Gasteiger partial charge in [0.2, 0.25) is 0 Å². The first-order chi connectivity index (χ1) is 9.09. The maximum atomic E-state index is 6.57. The minimum atomic E-state index is -0.118. The summed E-state index contributed by atoms with van der Waals surface area (Å²) in [6.45, 7) is 4.40. The SMILES string of the molecule is CCCCC(N)(CC)Cc1nn(C)c2ccccc12. The third-order valence-corrected chi connectivity index (χ3v) is 4.09. The highest BCUT2D eigenvalue weighted by Crippen LogP contribution is 2.25. The van der Waals surface area contributed by atoms with Crippen molar-refractivity contribution in [2.45, 2.75) is 51.5 Å². The summed E-state index contributed by atoms with van der Waals surface area (Å²) >= 11 is 0. The smallest absolute Gasteiger partial charge is 0.0721 e. The first kappa shape index (κ1) is 14.1. The standard InChI is InChI=1S/C16H25N3/c1-4-6-11-16(17,5-2)12-14-13-9-7-8-10-15(13)19(3)18-14/h7-10H,4-6,11-12,17H2,1-3H3. The minimum absolute atomic E-state index is 0.118. The van der Waals surface area contributed by atoms with Crippen molar-refractivity contribution in [3.63, 3.8) is 0 Å². The zero-order valence-electron chi connectivity index (χ0n) is 12.3. The summed E-state index contributed by atoms with van der Waals surface area (Å²) in [5.41, 5.74) is 8.77. The molecule has 1 unspecified atom stereocenters. The molecule has 19 heavy (non-hydrogen) atoms. The van der Waals surface area contributed by atoms with Crippen LogP contribution >= 0.6 is 0 Å². The van der Waals surface area contributed by atoms with Gasteiger partial charge in [0.1, 0.15) is 0 Å². The van der Waals surface area contributed by atoms with E-state index in [1.807, 2.05) is 11.7 Å². The molecule has 1 atom stereocenters. The van der Waals surface area contributed by atoms with E-state index in [4.69, 9.17) is 5.73 Å². The lowest BCUT2D eigenvalue weighted by Gasteiger charge is -2.27. The minimum Gasteiger partial charge on any atom is -0.325 e. The average Bonchev–Trinajstić information content (AvgIpc) is 2.74. The van der Waals surface area contributed by atoms with Crippen LogP contribution in [0.1, 0.15) is 45.2 Å². The summed E-state index contributed by atoms with van der Waals surface area (Å²) in [5, 5.41) is 5.91. The molecule has 0 saturated heterocycles. The molecule has 0 aliphatic carbocycles. The van der Waals surface area contributed by atoms with Crippen LogP contribution in [-0.2, 0) is 13.5 Å². The van der Waals surface area contributed by atoms with Crippen molar-refractivity contribution in [3.05, 3.63) is 30.0 Å². The molecule has 0 aliphatic rings. The molecule has 2 rings (SSSR count). The van der Waals surface area contributed by atoms with Crippen LogP contribution in [0.15, 0.2) is 24.3 Å². The van der Waals surface area contributed by atoms with Crippen LogP contribution in [0.2, 0.25) is 0 Å². The van der Waals surface area contributed by atoms with Crippen molar-refractivity contribution in [2.75, 3.05) is 0 Å². The van der Waals surface area contributed by atoms with Gasteiger partial charge in [-0.2, -0.15) is 5.10 Å². The lowest BCUT2D eigenvalue weighted by Crippen LogP contribution is -2.41. The van der Waals surface area contributed by atoms with Gasteiger partial charge in [-0.25, -0.2) is 0 Å². The highest BCUT2D eigenvalue weighted by Gasteiger charge is 2.25. The van der Waals surface area contributed by atoms with E-state index in [1.54, 1.807) is 0 Å². The molecule has 1 heterocycles. The van der Waals surface area contributed by atoms with Crippen LogP contribution in [0, 0.1) is 0 Å². The van der Waals surface area contributed by atoms with Crippen molar-refractivity contribution >= 4 is 10.9 Å². The Labute approximate surface area is 115 Å². The predicted octanol–water partition coefficient (Wildman–Crippen LogP) is 3.41. The molecule has 2 N–H and O–H groups in total. The predicted molar refractivity (Wildman–Crippen MR) is 81.2 cm³/mol. The molecule has 1 aromatic carbocycles. The van der Waals surface area contributed by atoms with E-state index in [9.17, 15) is 0 Å². The van der Waals surface area contributed by atoms with Gasteiger partial charge in [0, 0.05) is 24.4 Å². The Bertz CT molecular complexity index is 544. The second-order valence-corrected chi connectivity index (χ2v) is 5.58. The molecular formula is C16H25N3. The molecular weight excluding hydrogens is 234 g/mol. The highest BCUT2D eigenvalue weighted by atomic mass is 15.3. The van der Waals surface area contributed by atoms with Gasteiger partial charge in [0.05, 0.1) is 11.2 Å². The molecule has 0 saturated carbocycles. The normalized spacial score (nSPS) is 14.7. The molecule has 0 aliphatic heterocycles. The molecule has 1 aromatic heterocycles. The Hall–Kier alpha value is -1.35. The summed E-state index contributed by atoms with van der Waals surface area (Å²) < 4.78 is 1.96. The van der Waals surface area contributed by atoms with Crippen LogP contribution in [0.25, 0.3) is 10.9 Å². The fourth-order valence-corrected chi connectivity index (χ4v) is 2.67. The highest BCUT2D eigenvalue weighted by molar-refractivity contribution is 5.81. The summed E-state index contributed by atoms with van der Waals surface area (Å²) in [6.07, 6.45) is 5.32. The first-order valence-electron chi connectivity index (χ1n) is 7.29. The van der Waals surface area contributed by atoms with Crippen molar-refractivity contribution in [1.82, 2.24) is 9.78 Å². The maximum Gasteiger partial charge on any atom is 0.0721 e. The fourth-order valence-electron chi connectivity index (χ4n) is 2.67. The summed E-state index contributed by atoms with van der Waals surface area (Å²) in [5.74, 6) is 0. The number of nitrogens with two attached hydrogens (primary N) is 1. The number of nitrogens with zero attached hydrogens (tertiary/aromatic N) is 2. The van der Waals surface area contributed by atoms with Gasteiger partial charge in [-0.1, -0.05) is 44.9 Å². The fraction of sp³-hybridized carbons (Fsp3) is 0.562. The number of rotatable bonds is 6. The van der Waals surface area contributed by atoms with E-state index in [0.717, 1.165) is 25.0 Å². The van der Waals surface area contributed by atoms with Crippen LogP contribution in [0.4, 0.5) is 0 Å². The van der Waals surface area contributed by atoms with E-state index < -0.39 is 0 Å². The van der Waals surface area contributed by atoms with Gasteiger partial charge >= 0.3 is 0 Å². The largest absolute Gasteiger partial charge is 0.325 e. The third kappa shape index (κ3) is 2.98. The number of para-hydroxylation sites is 1. The van der Waals surface area contributed by atoms with Crippen LogP contribution < -0.4 is 5.73 Å². The molecule has 0 spiro atoms. The van der Waals surface area contributed by atoms with E-state index in [-0.39, 0.29) is 5.54 Å². The maximum absolute atomic E-state index is 6.57. The van der Waals surface area contributed by atoms with Gasteiger partial charge in [-0.05, 0) is 18.9 Å². The molecule has 0 bridgehead atoms. The van der Waals surface area contributed by atoms with E-state index in [1.165, 1.54) is 23.7 Å². The van der Waals surface area contributed by atoms with E-state index >= 15 is 0 Å². The van der Waals surface area contributed by atoms with Crippen LogP contribution in [0.5, 0.6) is 0 Å². The van der Waals surface area contributed by atoms with Crippen molar-refractivity contribution in [2.24, 2.45) is 12.8 Å². The quantitative estimate of drug-likeness (QED) is 0.864. The number of aromatic nitrogens is 2. The van der Waals surface area contributed by atoms with Crippen LogP contribution in [-0.4, -0.2) is 15.3 Å². The number of hydrogen-bond acceptors (Lipinski definition) is 2. The molecule has 3 heteroatoms. The lowest BCUT2D eigenvalue weighted by molar-refractivity contribution is 0.361. The first-order valence-corrected chi connectivity index (χ1v) is 7.29. The third-order valence-electron chi connectivity index (χ3n) is 4.09. The Kier molecular flexibility index (Phi) is 4.25. The second-order valence-electron chi connectivity index (χ2n) is 5.58. The summed E-state index contributed by atoms with van der Waals surface area (Å²) in [4.78, 5) is 0. The second kappa shape index (κ2) is 5.74. The zero-order valence-corrected chi connectivity index (χ0v) is 12.3. The average molecular weight is 259 g/mol. The Morgan fingerprint density at radius 2 is 2.00 bits per heavy atom. The monoisotopic (exact) mass is 259 g/mol. The van der Waals surface area contributed by atoms with Crippen molar-refractivity contribution < 1.29 is 0 Å². The molecule has 0 fully saturated rings. The summed E-state index contributed by atoms with van der Waals surface area (Å²) in [7, 11) is 2.00. The van der Waals surface area contributed by atoms with Gasteiger partial charge in [-0.15, -0.1) is 0 Å². The number of fused-ring (bicyclic) bond motifs is 1. The Morgan fingerprint density at radius 1 is 1.26 bits per heavy atom. The topological polar surface area (TPSA) is 43.8 Å². The number of unbranched alkanes of at least 4 members (excludes halogenated alkanes) is 1. The van der Waals surface area contributed by atoms with Crippen LogP contribution in [0.3, 0.4) is 0 Å². The number of benzene rings is 1. The van der Waals surface area contributed by atoms with Gasteiger partial charge < -0.3 is 5.73 Å². The Morgan fingerprint density at radius 3 is 2.68 bits per heavy atom. The van der Waals surface area contributed by atoms with Gasteiger partial charge in [-0.3, -0.25) is 4.68 Å². The number of hydrogen-bond donors (Lipinski definition) is 1. The van der Waals surface area contributed by atoms with E-state index in [2.05, 4.69) is 43.2 Å². The molecule has 0 amide bonds. The van der Waals surface area contributed by atoms with Gasteiger partial charge in [0.15, 0.2) is 0 Å². The number of aryl methyl sites for hydroxylation is 1. The molecule has 2 aromatic rings. The lowest BCUT2D eigenvalue weighted by atomic mass is 9.85. The molecule has 0 radical (unpaired) electrons. The van der Waals surface area contributed by atoms with Gasteiger partial charge in [0.25, 0.3) is 0 Å². The molecule has 3 nitrogen and oxygen atoms in total. The van der Waals surface area contributed by atoms with Crippen molar-refractivity contribution in [1.29, 1.82) is 0 Å². The van der Waals surface area contributed by atoms with Crippen molar-refractivity contribution in [3.8, 4) is 0 Å². The zero-order chi connectivity index (χ0) is 13.9. The summed E-state index contributed by atoms with van der Waals surface area (Å²) in [6, 6.07) is 8.39. The Balaban J connectivity index is 2.29. The molecule has 104 valence electrons. The van der Waals surface area contributed by atoms with E-state index in [0.29, 0.717) is 0 Å².